The van der Waals surface area contributed by atoms with Crippen LogP contribution in [0.4, 0.5) is 0 Å². The van der Waals surface area contributed by atoms with Gasteiger partial charge in [-0.3, -0.25) is 9.52 Å². The molecule has 6 nitrogen and oxygen atoms in total. The smallest absolute Gasteiger partial charge is 0.257 e. The van der Waals surface area contributed by atoms with Crippen LogP contribution in [0.25, 0.3) is 4.91 Å². The number of phenols is 1. The van der Waals surface area contributed by atoms with Gasteiger partial charge in [0.05, 0.1) is 12.0 Å². The van der Waals surface area contributed by atoms with Crippen LogP contribution in [0.15, 0.2) is 66.7 Å². The Hall–Kier alpha value is -3.58. The SMILES string of the molecule is COc1ccc(Oc2cccc3c2CC[C@@H]3c2ccc(C3=CC(=O)NS3=O)c(O)c2)cc1. The van der Waals surface area contributed by atoms with Gasteiger partial charge in [-0.2, -0.15) is 0 Å². The van der Waals surface area contributed by atoms with Gasteiger partial charge in [0.15, 0.2) is 11.0 Å². The lowest BCUT2D eigenvalue weighted by atomic mass is 9.92. The predicted octanol–water partition coefficient (Wildman–Crippen LogP) is 4.41. The van der Waals surface area contributed by atoms with E-state index in [4.69, 9.17) is 9.47 Å². The molecule has 1 unspecified atom stereocenters. The van der Waals surface area contributed by atoms with Crippen molar-refractivity contribution in [2.75, 3.05) is 7.11 Å². The van der Waals surface area contributed by atoms with Crippen molar-refractivity contribution >= 4 is 21.8 Å². The number of phenolic OH excluding ortho intramolecular Hbond substituents is 1. The first-order valence-corrected chi connectivity index (χ1v) is 11.4. The van der Waals surface area contributed by atoms with E-state index in [0.29, 0.717) is 10.5 Å². The molecule has 0 saturated heterocycles. The molecule has 0 radical (unpaired) electrons. The van der Waals surface area contributed by atoms with Crippen LogP contribution in [0.5, 0.6) is 23.0 Å². The first-order valence-electron chi connectivity index (χ1n) is 10.2. The molecule has 0 aromatic heterocycles. The fourth-order valence-corrected chi connectivity index (χ4v) is 5.27. The van der Waals surface area contributed by atoms with Crippen LogP contribution in [0.2, 0.25) is 0 Å². The maximum atomic E-state index is 12.0. The van der Waals surface area contributed by atoms with Gasteiger partial charge >= 0.3 is 0 Å². The molecule has 2 aliphatic rings. The van der Waals surface area contributed by atoms with E-state index in [9.17, 15) is 14.1 Å². The maximum Gasteiger partial charge on any atom is 0.257 e. The topological polar surface area (TPSA) is 84.9 Å². The number of hydrogen-bond acceptors (Lipinski definition) is 5. The zero-order valence-electron chi connectivity index (χ0n) is 17.3. The van der Waals surface area contributed by atoms with Crippen LogP contribution < -0.4 is 14.2 Å². The zero-order valence-corrected chi connectivity index (χ0v) is 18.1. The summed E-state index contributed by atoms with van der Waals surface area (Å²) < 4.78 is 25.7. The molecule has 1 amide bonds. The minimum atomic E-state index is -1.64. The average Bonchev–Trinajstić information content (AvgIpc) is 3.37. The molecule has 1 aliphatic carbocycles. The van der Waals surface area contributed by atoms with Gasteiger partial charge in [0.1, 0.15) is 23.0 Å². The summed E-state index contributed by atoms with van der Waals surface area (Å²) in [5, 5.41) is 10.6. The Bertz CT molecular complexity index is 1270. The van der Waals surface area contributed by atoms with Crippen molar-refractivity contribution in [2.45, 2.75) is 18.8 Å². The molecule has 2 atom stereocenters. The van der Waals surface area contributed by atoms with Gasteiger partial charge in [-0.25, -0.2) is 4.21 Å². The largest absolute Gasteiger partial charge is 0.507 e. The van der Waals surface area contributed by atoms with Gasteiger partial charge < -0.3 is 14.6 Å². The first-order chi connectivity index (χ1) is 15.5. The maximum absolute atomic E-state index is 12.0. The summed E-state index contributed by atoms with van der Waals surface area (Å²) in [6.07, 6.45) is 3.02. The minimum absolute atomic E-state index is 0.0117. The number of nitrogens with one attached hydrogen (secondary N) is 1. The Morgan fingerprint density at radius 1 is 1.06 bits per heavy atom. The first kappa shape index (κ1) is 20.3. The van der Waals surface area contributed by atoms with E-state index < -0.39 is 16.9 Å². The van der Waals surface area contributed by atoms with Gasteiger partial charge in [-0.05, 0) is 72.0 Å². The summed E-state index contributed by atoms with van der Waals surface area (Å²) in [7, 11) is -0.0146. The van der Waals surface area contributed by atoms with Crippen molar-refractivity contribution in [1.82, 2.24) is 4.72 Å². The summed E-state index contributed by atoms with van der Waals surface area (Å²) in [5.41, 5.74) is 3.70. The molecule has 7 heteroatoms. The van der Waals surface area contributed by atoms with E-state index in [2.05, 4.69) is 10.8 Å². The number of aromatic hydroxyl groups is 1. The number of fused-ring (bicyclic) bond motifs is 1. The number of benzene rings is 3. The lowest BCUT2D eigenvalue weighted by molar-refractivity contribution is -0.114. The molecule has 3 aromatic rings. The van der Waals surface area contributed by atoms with Crippen LogP contribution in [0.3, 0.4) is 0 Å². The van der Waals surface area contributed by atoms with Crippen molar-refractivity contribution in [3.8, 4) is 23.0 Å². The van der Waals surface area contributed by atoms with Gasteiger partial charge in [-0.15, -0.1) is 0 Å². The molecule has 0 saturated carbocycles. The molecule has 5 rings (SSSR count). The van der Waals surface area contributed by atoms with Crippen LogP contribution in [0, 0.1) is 0 Å². The predicted molar refractivity (Wildman–Crippen MR) is 122 cm³/mol. The van der Waals surface area contributed by atoms with E-state index in [0.717, 1.165) is 41.2 Å². The van der Waals surface area contributed by atoms with Gasteiger partial charge in [-0.1, -0.05) is 18.2 Å². The number of carbonyl (C=O) groups is 1. The molecule has 32 heavy (non-hydrogen) atoms. The molecule has 1 heterocycles. The standard InChI is InChI=1S/C25H21NO5S/c1-30-16-6-8-17(9-7-16)31-23-4-2-3-19-18(11-12-20(19)23)15-5-10-21(22(27)13-15)24-14-25(28)26-32(24)29/h2-10,13-14,18,27H,11-12H2,1H3,(H,26,28)/t18-,32?/m1/s1. The summed E-state index contributed by atoms with van der Waals surface area (Å²) in [5.74, 6) is 2.05. The number of ether oxygens (including phenoxy) is 2. The van der Waals surface area contributed by atoms with Gasteiger partial charge in [0.2, 0.25) is 0 Å². The summed E-state index contributed by atoms with van der Waals surface area (Å²) in [4.78, 5) is 11.8. The van der Waals surface area contributed by atoms with E-state index >= 15 is 0 Å². The molecule has 3 aromatic carbocycles. The fourth-order valence-electron chi connectivity index (χ4n) is 4.33. The monoisotopic (exact) mass is 447 g/mol. The summed E-state index contributed by atoms with van der Waals surface area (Å²) in [6.45, 7) is 0. The molecular weight excluding hydrogens is 426 g/mol. The van der Waals surface area contributed by atoms with Crippen molar-refractivity contribution in [1.29, 1.82) is 0 Å². The van der Waals surface area contributed by atoms with Crippen LogP contribution in [0.1, 0.15) is 34.6 Å². The van der Waals surface area contributed by atoms with E-state index in [1.54, 1.807) is 19.2 Å². The second-order valence-corrected chi connectivity index (χ2v) is 8.89. The van der Waals surface area contributed by atoms with Crippen molar-refractivity contribution < 1.29 is 23.6 Å². The Morgan fingerprint density at radius 3 is 2.53 bits per heavy atom. The second-order valence-electron chi connectivity index (χ2n) is 7.71. The highest BCUT2D eigenvalue weighted by Gasteiger charge is 2.29. The van der Waals surface area contributed by atoms with Gasteiger partial charge in [0, 0.05) is 17.6 Å². The Kier molecular flexibility index (Phi) is 5.19. The lowest BCUT2D eigenvalue weighted by Gasteiger charge is -2.15. The van der Waals surface area contributed by atoms with E-state index in [1.165, 1.54) is 11.6 Å². The molecule has 0 bridgehead atoms. The number of hydrogen-bond donors (Lipinski definition) is 2. The Morgan fingerprint density at radius 2 is 1.84 bits per heavy atom. The third-order valence-electron chi connectivity index (χ3n) is 5.86. The molecule has 0 fully saturated rings. The molecule has 1 aliphatic heterocycles. The third kappa shape index (κ3) is 3.65. The van der Waals surface area contributed by atoms with Crippen LogP contribution >= 0.6 is 0 Å². The van der Waals surface area contributed by atoms with E-state index in [1.807, 2.05) is 42.5 Å². The Balaban J connectivity index is 1.43. The number of methoxy groups -OCH3 is 1. The number of rotatable bonds is 5. The lowest BCUT2D eigenvalue weighted by Crippen LogP contribution is -2.16. The zero-order chi connectivity index (χ0) is 22.2. The average molecular weight is 448 g/mol. The number of amides is 1. The normalized spacial score (nSPS) is 19.3. The van der Waals surface area contributed by atoms with Crippen molar-refractivity contribution in [3.05, 3.63) is 89.0 Å². The third-order valence-corrected chi connectivity index (χ3v) is 6.98. The molecule has 0 spiro atoms. The minimum Gasteiger partial charge on any atom is -0.507 e. The van der Waals surface area contributed by atoms with E-state index in [-0.39, 0.29) is 11.7 Å². The summed E-state index contributed by atoms with van der Waals surface area (Å²) in [6, 6.07) is 18.9. The highest BCUT2D eigenvalue weighted by molar-refractivity contribution is 7.94. The highest BCUT2D eigenvalue weighted by Crippen LogP contribution is 2.44. The number of carbonyl (C=O) groups excluding carboxylic acids is 1. The van der Waals surface area contributed by atoms with Crippen molar-refractivity contribution in [3.63, 3.8) is 0 Å². The molecular formula is C25H21NO5S. The highest BCUT2D eigenvalue weighted by atomic mass is 32.2. The second kappa shape index (κ2) is 8.16. The Labute approximate surface area is 188 Å². The van der Waals surface area contributed by atoms with Crippen LogP contribution in [-0.4, -0.2) is 22.3 Å². The summed E-state index contributed by atoms with van der Waals surface area (Å²) >= 11 is 0. The van der Waals surface area contributed by atoms with Crippen LogP contribution in [-0.2, 0) is 22.2 Å². The quantitative estimate of drug-likeness (QED) is 0.605. The fraction of sp³-hybridized carbons (Fsp3) is 0.160. The van der Waals surface area contributed by atoms with Crippen molar-refractivity contribution in [2.24, 2.45) is 0 Å². The van der Waals surface area contributed by atoms with Gasteiger partial charge in [0.25, 0.3) is 5.91 Å². The molecule has 162 valence electrons. The molecule has 2 N–H and O–H groups in total.